The Hall–Kier alpha value is -2.21. The lowest BCUT2D eigenvalue weighted by Crippen LogP contribution is -2.30. The lowest BCUT2D eigenvalue weighted by atomic mass is 10.1. The van der Waals surface area contributed by atoms with E-state index < -0.39 is 17.8 Å². The molecule has 3 nitrogen and oxygen atoms in total. The predicted octanol–water partition coefficient (Wildman–Crippen LogP) is 5.03. The maximum absolute atomic E-state index is 12.6. The second-order valence-electron chi connectivity index (χ2n) is 5.29. The number of carbonyl (C=O) groups excluding carboxylic acids is 1. The van der Waals surface area contributed by atoms with Gasteiger partial charge in [-0.3, -0.25) is 0 Å². The van der Waals surface area contributed by atoms with Crippen molar-refractivity contribution in [2.24, 2.45) is 0 Å². The van der Waals surface area contributed by atoms with Crippen molar-refractivity contribution in [2.45, 2.75) is 19.5 Å². The number of alkyl halides is 3. The molecule has 0 bridgehead atoms. The first-order valence-corrected chi connectivity index (χ1v) is 7.60. The maximum Gasteiger partial charge on any atom is 0.416 e. The molecule has 0 heterocycles. The summed E-state index contributed by atoms with van der Waals surface area (Å²) in [6.45, 7) is 2.06. The largest absolute Gasteiger partial charge is 0.416 e. The van der Waals surface area contributed by atoms with Gasteiger partial charge in [-0.2, -0.15) is 13.2 Å². The highest BCUT2D eigenvalue weighted by atomic mass is 35.5. The molecule has 2 aromatic rings. The number of anilines is 1. The molecule has 0 saturated carbocycles. The monoisotopic (exact) mass is 356 g/mol. The number of hydrogen-bond acceptors (Lipinski definition) is 1. The van der Waals surface area contributed by atoms with Crippen molar-refractivity contribution in [1.29, 1.82) is 0 Å². The van der Waals surface area contributed by atoms with Gasteiger partial charge in [0.2, 0.25) is 0 Å². The van der Waals surface area contributed by atoms with Gasteiger partial charge < -0.3 is 10.6 Å². The van der Waals surface area contributed by atoms with Crippen LogP contribution in [0.25, 0.3) is 0 Å². The van der Waals surface area contributed by atoms with Gasteiger partial charge in [0.25, 0.3) is 0 Å². The van der Waals surface area contributed by atoms with Gasteiger partial charge in [0.1, 0.15) is 0 Å². The number of rotatable bonds is 4. The van der Waals surface area contributed by atoms with E-state index in [0.717, 1.165) is 17.7 Å². The highest BCUT2D eigenvalue weighted by molar-refractivity contribution is 6.31. The standard InChI is InChI=1S/C17H16ClF3N2O/c1-11-5-6-14(10-15(11)18)23-16(24)22-8-7-12-3-2-4-13(9-12)17(19,20)21/h2-6,9-10H,7-8H2,1H3,(H2,22,23,24). The van der Waals surface area contributed by atoms with Gasteiger partial charge in [-0.15, -0.1) is 0 Å². The fourth-order valence-corrected chi connectivity index (χ4v) is 2.25. The zero-order valence-electron chi connectivity index (χ0n) is 12.9. The molecule has 2 rings (SSSR count). The van der Waals surface area contributed by atoms with Crippen LogP contribution in [-0.4, -0.2) is 12.6 Å². The number of aryl methyl sites for hydroxylation is 1. The number of urea groups is 1. The van der Waals surface area contributed by atoms with Crippen molar-refractivity contribution in [3.63, 3.8) is 0 Å². The van der Waals surface area contributed by atoms with Gasteiger partial charge in [0.15, 0.2) is 0 Å². The molecule has 0 spiro atoms. The fourth-order valence-electron chi connectivity index (χ4n) is 2.07. The van der Waals surface area contributed by atoms with E-state index in [1.165, 1.54) is 6.07 Å². The smallest absolute Gasteiger partial charge is 0.338 e. The lowest BCUT2D eigenvalue weighted by molar-refractivity contribution is -0.137. The quantitative estimate of drug-likeness (QED) is 0.792. The molecule has 7 heteroatoms. The van der Waals surface area contributed by atoms with Crippen molar-refractivity contribution >= 4 is 23.3 Å². The summed E-state index contributed by atoms with van der Waals surface area (Å²) in [5.41, 5.74) is 1.25. The minimum absolute atomic E-state index is 0.215. The molecule has 0 saturated heterocycles. The van der Waals surface area contributed by atoms with Crippen LogP contribution < -0.4 is 10.6 Å². The topological polar surface area (TPSA) is 41.1 Å². The van der Waals surface area contributed by atoms with Crippen LogP contribution in [-0.2, 0) is 12.6 Å². The molecule has 0 atom stereocenters. The second kappa shape index (κ2) is 7.57. The highest BCUT2D eigenvalue weighted by Gasteiger charge is 2.30. The van der Waals surface area contributed by atoms with Crippen LogP contribution in [0.1, 0.15) is 16.7 Å². The van der Waals surface area contributed by atoms with E-state index in [1.54, 1.807) is 24.3 Å². The summed E-state index contributed by atoms with van der Waals surface area (Å²) in [7, 11) is 0. The van der Waals surface area contributed by atoms with E-state index in [4.69, 9.17) is 11.6 Å². The average molecular weight is 357 g/mol. The van der Waals surface area contributed by atoms with Gasteiger partial charge in [-0.05, 0) is 42.7 Å². The van der Waals surface area contributed by atoms with Crippen LogP contribution in [0.15, 0.2) is 42.5 Å². The van der Waals surface area contributed by atoms with Crippen molar-refractivity contribution in [1.82, 2.24) is 5.32 Å². The molecule has 0 aliphatic heterocycles. The zero-order valence-corrected chi connectivity index (χ0v) is 13.6. The van der Waals surface area contributed by atoms with Gasteiger partial charge in [-0.25, -0.2) is 4.79 Å². The normalized spacial score (nSPS) is 11.2. The third-order valence-corrected chi connectivity index (χ3v) is 3.79. The van der Waals surface area contributed by atoms with Crippen molar-refractivity contribution in [3.8, 4) is 0 Å². The van der Waals surface area contributed by atoms with E-state index in [9.17, 15) is 18.0 Å². The van der Waals surface area contributed by atoms with Crippen molar-refractivity contribution < 1.29 is 18.0 Å². The molecule has 128 valence electrons. The summed E-state index contributed by atoms with van der Waals surface area (Å²) in [6.07, 6.45) is -4.07. The molecule has 2 amide bonds. The van der Waals surface area contributed by atoms with Crippen LogP contribution in [0, 0.1) is 6.92 Å². The minimum Gasteiger partial charge on any atom is -0.338 e. The van der Waals surface area contributed by atoms with Gasteiger partial charge in [0.05, 0.1) is 5.56 Å². The number of amides is 2. The fraction of sp³-hybridized carbons (Fsp3) is 0.235. The SMILES string of the molecule is Cc1ccc(NC(=O)NCCc2cccc(C(F)(F)F)c2)cc1Cl. The number of carbonyl (C=O) groups is 1. The number of nitrogens with one attached hydrogen (secondary N) is 2. The Kier molecular flexibility index (Phi) is 5.72. The van der Waals surface area contributed by atoms with Crippen LogP contribution in [0.5, 0.6) is 0 Å². The average Bonchev–Trinajstić information content (AvgIpc) is 2.50. The van der Waals surface area contributed by atoms with E-state index >= 15 is 0 Å². The number of halogens is 4. The van der Waals surface area contributed by atoms with Crippen LogP contribution in [0.2, 0.25) is 5.02 Å². The molecule has 2 aromatic carbocycles. The summed E-state index contributed by atoms with van der Waals surface area (Å²) in [6, 6.07) is 9.73. The molecule has 0 fully saturated rings. The Labute approximate surface area is 142 Å². The highest BCUT2D eigenvalue weighted by Crippen LogP contribution is 2.29. The first-order valence-electron chi connectivity index (χ1n) is 7.23. The maximum atomic E-state index is 12.6. The molecular weight excluding hydrogens is 341 g/mol. The van der Waals surface area contributed by atoms with E-state index in [0.29, 0.717) is 22.7 Å². The molecule has 0 aliphatic rings. The molecule has 0 aliphatic carbocycles. The summed E-state index contributed by atoms with van der Waals surface area (Å²) in [5.74, 6) is 0. The summed E-state index contributed by atoms with van der Waals surface area (Å²) in [5, 5.41) is 5.75. The van der Waals surface area contributed by atoms with Crippen molar-refractivity contribution in [2.75, 3.05) is 11.9 Å². The molecular formula is C17H16ClF3N2O. The van der Waals surface area contributed by atoms with E-state index in [1.807, 2.05) is 6.92 Å². The Morgan fingerprint density at radius 1 is 1.17 bits per heavy atom. The van der Waals surface area contributed by atoms with E-state index in [2.05, 4.69) is 10.6 Å². The first-order chi connectivity index (χ1) is 11.3. The van der Waals surface area contributed by atoms with Crippen LogP contribution in [0.3, 0.4) is 0 Å². The number of benzene rings is 2. The Morgan fingerprint density at radius 3 is 2.58 bits per heavy atom. The molecule has 2 N–H and O–H groups in total. The first kappa shape index (κ1) is 18.1. The van der Waals surface area contributed by atoms with Crippen LogP contribution in [0.4, 0.5) is 23.7 Å². The minimum atomic E-state index is -4.37. The summed E-state index contributed by atoms with van der Waals surface area (Å²) >= 11 is 5.97. The van der Waals surface area contributed by atoms with E-state index in [-0.39, 0.29) is 6.54 Å². The molecule has 24 heavy (non-hydrogen) atoms. The Balaban J connectivity index is 1.85. The van der Waals surface area contributed by atoms with Gasteiger partial charge in [0, 0.05) is 17.3 Å². The summed E-state index contributed by atoms with van der Waals surface area (Å²) < 4.78 is 37.9. The van der Waals surface area contributed by atoms with Crippen molar-refractivity contribution in [3.05, 3.63) is 64.2 Å². The third kappa shape index (κ3) is 5.16. The van der Waals surface area contributed by atoms with Gasteiger partial charge >= 0.3 is 12.2 Å². The second-order valence-corrected chi connectivity index (χ2v) is 5.70. The predicted molar refractivity (Wildman–Crippen MR) is 88.4 cm³/mol. The van der Waals surface area contributed by atoms with Gasteiger partial charge in [-0.1, -0.05) is 35.9 Å². The summed E-state index contributed by atoms with van der Waals surface area (Å²) in [4.78, 5) is 11.8. The third-order valence-electron chi connectivity index (χ3n) is 3.38. The zero-order chi connectivity index (χ0) is 17.7. The van der Waals surface area contributed by atoms with Crippen LogP contribution >= 0.6 is 11.6 Å². The molecule has 0 radical (unpaired) electrons. The number of hydrogen-bond donors (Lipinski definition) is 2. The molecule has 0 aromatic heterocycles. The molecule has 0 unspecified atom stereocenters. The lowest BCUT2D eigenvalue weighted by Gasteiger charge is -2.10. The Morgan fingerprint density at radius 2 is 1.92 bits per heavy atom. The Bertz CT molecular complexity index is 732.